The van der Waals surface area contributed by atoms with E-state index in [-0.39, 0.29) is 24.9 Å². The molecule has 2 rings (SSSR count). The van der Waals surface area contributed by atoms with Crippen molar-refractivity contribution in [2.45, 2.75) is 31.5 Å². The Balaban J connectivity index is 1.90. The Kier molecular flexibility index (Phi) is 5.67. The first-order valence-corrected chi connectivity index (χ1v) is 9.79. The SMILES string of the molecule is CN(C1CCN(C(=O)C2CC(=O)N(CC(F)(F)F)C2)CC1)S(C)(=O)=O. The molecule has 0 spiro atoms. The fraction of sp³-hybridized carbons (Fsp3) is 0.857. The summed E-state index contributed by atoms with van der Waals surface area (Å²) in [5, 5.41) is 0. The lowest BCUT2D eigenvalue weighted by Gasteiger charge is -2.36. The molecular formula is C14H22F3N3O4S. The van der Waals surface area contributed by atoms with Gasteiger partial charge in [-0.1, -0.05) is 0 Å². The van der Waals surface area contributed by atoms with Gasteiger partial charge in [0.15, 0.2) is 0 Å². The van der Waals surface area contributed by atoms with Crippen molar-refractivity contribution < 1.29 is 31.2 Å². The van der Waals surface area contributed by atoms with E-state index in [0.29, 0.717) is 30.8 Å². The number of nitrogens with zero attached hydrogens (tertiary/aromatic N) is 3. The lowest BCUT2D eigenvalue weighted by atomic mass is 10.0. The second-order valence-electron chi connectivity index (χ2n) is 6.63. The Hall–Kier alpha value is -1.36. The van der Waals surface area contributed by atoms with E-state index in [1.165, 1.54) is 16.3 Å². The van der Waals surface area contributed by atoms with Gasteiger partial charge in [-0.05, 0) is 12.8 Å². The van der Waals surface area contributed by atoms with Crippen molar-refractivity contribution in [2.75, 3.05) is 39.5 Å². The van der Waals surface area contributed by atoms with Crippen molar-refractivity contribution >= 4 is 21.8 Å². The third kappa shape index (κ3) is 5.06. The Bertz CT molecular complexity index is 630. The monoisotopic (exact) mass is 385 g/mol. The number of hydrogen-bond donors (Lipinski definition) is 0. The Labute approximate surface area is 144 Å². The van der Waals surface area contributed by atoms with Gasteiger partial charge in [0.25, 0.3) is 0 Å². The molecule has 7 nitrogen and oxygen atoms in total. The summed E-state index contributed by atoms with van der Waals surface area (Å²) >= 11 is 0. The number of sulfonamides is 1. The van der Waals surface area contributed by atoms with E-state index in [0.717, 1.165) is 6.26 Å². The maximum atomic E-state index is 12.5. The molecule has 0 aromatic carbocycles. The summed E-state index contributed by atoms with van der Waals surface area (Å²) < 4.78 is 61.7. The van der Waals surface area contributed by atoms with E-state index in [9.17, 15) is 31.2 Å². The molecule has 0 aromatic heterocycles. The van der Waals surface area contributed by atoms with Crippen molar-refractivity contribution in [3.63, 3.8) is 0 Å². The van der Waals surface area contributed by atoms with Gasteiger partial charge in [-0.3, -0.25) is 9.59 Å². The van der Waals surface area contributed by atoms with E-state index >= 15 is 0 Å². The van der Waals surface area contributed by atoms with Crippen molar-refractivity contribution in [2.24, 2.45) is 5.92 Å². The molecule has 1 atom stereocenters. The fourth-order valence-electron chi connectivity index (χ4n) is 3.29. The smallest absolute Gasteiger partial charge is 0.342 e. The van der Waals surface area contributed by atoms with Crippen LogP contribution in [0.5, 0.6) is 0 Å². The lowest BCUT2D eigenvalue weighted by molar-refractivity contribution is -0.157. The van der Waals surface area contributed by atoms with Crippen LogP contribution in [0.4, 0.5) is 13.2 Å². The molecule has 144 valence electrons. The summed E-state index contributed by atoms with van der Waals surface area (Å²) in [5.74, 6) is -1.76. The molecule has 0 radical (unpaired) electrons. The van der Waals surface area contributed by atoms with Crippen molar-refractivity contribution in [3.8, 4) is 0 Å². The Morgan fingerprint density at radius 1 is 1.28 bits per heavy atom. The van der Waals surface area contributed by atoms with Crippen LogP contribution < -0.4 is 0 Å². The number of piperidine rings is 1. The number of halogens is 3. The third-order valence-corrected chi connectivity index (χ3v) is 6.09. The summed E-state index contributed by atoms with van der Waals surface area (Å²) in [6, 6.07) is -0.203. The van der Waals surface area contributed by atoms with E-state index in [4.69, 9.17) is 0 Å². The molecule has 11 heteroatoms. The lowest BCUT2D eigenvalue weighted by Crippen LogP contribution is -2.48. The molecule has 25 heavy (non-hydrogen) atoms. The van der Waals surface area contributed by atoms with Crippen LogP contribution in [0.15, 0.2) is 0 Å². The van der Waals surface area contributed by atoms with Gasteiger partial charge in [-0.2, -0.15) is 13.2 Å². The highest BCUT2D eigenvalue weighted by atomic mass is 32.2. The van der Waals surface area contributed by atoms with Crippen LogP contribution in [0, 0.1) is 5.92 Å². The predicted octanol–water partition coefficient (Wildman–Crippen LogP) is 0.280. The molecule has 0 aliphatic carbocycles. The van der Waals surface area contributed by atoms with Crippen LogP contribution in [0.25, 0.3) is 0 Å². The average molecular weight is 385 g/mol. The van der Waals surface area contributed by atoms with Gasteiger partial charge in [0.2, 0.25) is 21.8 Å². The van der Waals surface area contributed by atoms with E-state index in [1.54, 1.807) is 0 Å². The number of amides is 2. The highest BCUT2D eigenvalue weighted by Gasteiger charge is 2.42. The topological polar surface area (TPSA) is 78.0 Å². The highest BCUT2D eigenvalue weighted by Crippen LogP contribution is 2.26. The first kappa shape index (κ1) is 20.0. The van der Waals surface area contributed by atoms with E-state index < -0.39 is 34.6 Å². The second kappa shape index (κ2) is 7.10. The molecular weight excluding hydrogens is 363 g/mol. The number of carbonyl (C=O) groups excluding carboxylic acids is 2. The van der Waals surface area contributed by atoms with Crippen molar-refractivity contribution in [1.82, 2.24) is 14.1 Å². The predicted molar refractivity (Wildman–Crippen MR) is 83.0 cm³/mol. The third-order valence-electron chi connectivity index (χ3n) is 4.75. The van der Waals surface area contributed by atoms with E-state index in [2.05, 4.69) is 0 Å². The summed E-state index contributed by atoms with van der Waals surface area (Å²) in [6.07, 6.45) is -2.66. The van der Waals surface area contributed by atoms with Crippen LogP contribution in [0.3, 0.4) is 0 Å². The molecule has 2 fully saturated rings. The minimum Gasteiger partial charge on any atom is -0.342 e. The van der Waals surface area contributed by atoms with Crippen LogP contribution >= 0.6 is 0 Å². The Morgan fingerprint density at radius 2 is 1.84 bits per heavy atom. The number of carbonyl (C=O) groups is 2. The van der Waals surface area contributed by atoms with Gasteiger partial charge in [0.1, 0.15) is 6.54 Å². The second-order valence-corrected chi connectivity index (χ2v) is 8.67. The molecule has 2 heterocycles. The molecule has 0 saturated carbocycles. The summed E-state index contributed by atoms with van der Waals surface area (Å²) in [7, 11) is -1.83. The zero-order valence-corrected chi connectivity index (χ0v) is 14.9. The first-order chi connectivity index (χ1) is 11.4. The Morgan fingerprint density at radius 3 is 2.32 bits per heavy atom. The van der Waals surface area contributed by atoms with Crippen molar-refractivity contribution in [3.05, 3.63) is 0 Å². The zero-order valence-electron chi connectivity index (χ0n) is 14.1. The molecule has 0 bridgehead atoms. The maximum Gasteiger partial charge on any atom is 0.406 e. The summed E-state index contributed by atoms with van der Waals surface area (Å²) in [6.45, 7) is -0.905. The normalized spacial score (nSPS) is 23.6. The molecule has 2 saturated heterocycles. The quantitative estimate of drug-likeness (QED) is 0.697. The van der Waals surface area contributed by atoms with Gasteiger partial charge in [-0.25, -0.2) is 12.7 Å². The molecule has 2 aliphatic heterocycles. The average Bonchev–Trinajstić information content (AvgIpc) is 2.84. The van der Waals surface area contributed by atoms with Crippen LogP contribution in [-0.4, -0.2) is 86.0 Å². The minimum atomic E-state index is -4.48. The number of rotatable bonds is 4. The van der Waals surface area contributed by atoms with Gasteiger partial charge >= 0.3 is 6.18 Å². The van der Waals surface area contributed by atoms with Crippen molar-refractivity contribution in [1.29, 1.82) is 0 Å². The number of likely N-dealkylation sites (tertiary alicyclic amines) is 2. The van der Waals surface area contributed by atoms with Crippen LogP contribution in [0.2, 0.25) is 0 Å². The molecule has 1 unspecified atom stereocenters. The van der Waals surface area contributed by atoms with Gasteiger partial charge in [0.05, 0.1) is 12.2 Å². The number of alkyl halides is 3. The summed E-state index contributed by atoms with van der Waals surface area (Å²) in [4.78, 5) is 26.3. The van der Waals surface area contributed by atoms with Gasteiger partial charge in [0, 0.05) is 39.1 Å². The largest absolute Gasteiger partial charge is 0.406 e. The molecule has 0 aromatic rings. The fourth-order valence-corrected chi connectivity index (χ4v) is 4.04. The van der Waals surface area contributed by atoms with Crippen LogP contribution in [0.1, 0.15) is 19.3 Å². The van der Waals surface area contributed by atoms with Gasteiger partial charge < -0.3 is 9.80 Å². The van der Waals surface area contributed by atoms with Crippen LogP contribution in [-0.2, 0) is 19.6 Å². The zero-order chi connectivity index (χ0) is 19.0. The minimum absolute atomic E-state index is 0.203. The molecule has 2 amide bonds. The molecule has 2 aliphatic rings. The van der Waals surface area contributed by atoms with Gasteiger partial charge in [-0.15, -0.1) is 0 Å². The maximum absolute atomic E-state index is 12.5. The summed E-state index contributed by atoms with van der Waals surface area (Å²) in [5.41, 5.74) is 0. The highest BCUT2D eigenvalue weighted by molar-refractivity contribution is 7.88. The number of hydrogen-bond acceptors (Lipinski definition) is 4. The van der Waals surface area contributed by atoms with E-state index in [1.807, 2.05) is 0 Å². The standard InChI is InChI=1S/C14H22F3N3O4S/c1-18(25(2,23)24)11-3-5-19(6-4-11)13(22)10-7-12(21)20(8-10)9-14(15,16)17/h10-11H,3-9H2,1-2H3. The molecule has 0 N–H and O–H groups in total. The first-order valence-electron chi connectivity index (χ1n) is 7.95.